The van der Waals surface area contributed by atoms with E-state index in [1.807, 2.05) is 11.9 Å². The molecule has 9 nitrogen and oxygen atoms in total. The Morgan fingerprint density at radius 3 is 2.44 bits per heavy atom. The summed E-state index contributed by atoms with van der Waals surface area (Å²) in [5, 5.41) is 20.1. The highest BCUT2D eigenvalue weighted by Crippen LogP contribution is 2.44. The van der Waals surface area contributed by atoms with E-state index < -0.39 is 23.2 Å². The summed E-state index contributed by atoms with van der Waals surface area (Å²) in [5.74, 6) is -2.41. The molecule has 1 unspecified atom stereocenters. The topological polar surface area (TPSA) is 121 Å². The lowest BCUT2D eigenvalue weighted by molar-refractivity contribution is -0.134. The number of methoxy groups -OCH3 is 1. The molecule has 1 saturated carbocycles. The number of hydrogen-bond donors (Lipinski definition) is 3. The molecule has 1 aliphatic carbocycles. The summed E-state index contributed by atoms with van der Waals surface area (Å²) in [6, 6.07) is 1.51. The van der Waals surface area contributed by atoms with E-state index >= 15 is 4.39 Å². The van der Waals surface area contributed by atoms with Crippen molar-refractivity contribution in [1.29, 1.82) is 0 Å². The molecule has 32 heavy (non-hydrogen) atoms. The number of piperidine rings is 1. The zero-order valence-corrected chi connectivity index (χ0v) is 18.4. The molecule has 2 fully saturated rings. The van der Waals surface area contributed by atoms with Crippen LogP contribution in [0.25, 0.3) is 10.9 Å². The van der Waals surface area contributed by atoms with Gasteiger partial charge < -0.3 is 29.7 Å². The largest absolute Gasteiger partial charge is 0.492 e. The number of nitrogens with zero attached hydrogens (tertiary/aromatic N) is 2. The summed E-state index contributed by atoms with van der Waals surface area (Å²) in [6.07, 6.45) is 5.08. The second-order valence-corrected chi connectivity index (χ2v) is 8.04. The monoisotopic (exact) mass is 449 g/mol. The van der Waals surface area contributed by atoms with Gasteiger partial charge in [0, 0.05) is 38.3 Å². The summed E-state index contributed by atoms with van der Waals surface area (Å²) < 4.78 is 22.6. The number of halogens is 1. The van der Waals surface area contributed by atoms with Crippen LogP contribution in [0.4, 0.5) is 10.1 Å². The van der Waals surface area contributed by atoms with Crippen molar-refractivity contribution in [3.05, 3.63) is 33.9 Å². The third-order valence-corrected chi connectivity index (χ3v) is 5.72. The highest BCUT2D eigenvalue weighted by Gasteiger charge is 2.32. The number of nitrogens with one attached hydrogen (secondary N) is 1. The maximum atomic E-state index is 15.2. The number of anilines is 1. The SMILES string of the molecule is CC(=O)O.CNC1CCCN(c2c(F)cc3c(=O)c(C(=O)O)cn(C4CC4)c3c2OC)C1. The van der Waals surface area contributed by atoms with Gasteiger partial charge in [0.05, 0.1) is 18.0 Å². The second kappa shape index (κ2) is 9.56. The van der Waals surface area contributed by atoms with E-state index in [9.17, 15) is 14.7 Å². The van der Waals surface area contributed by atoms with Gasteiger partial charge in [-0.15, -0.1) is 0 Å². The predicted octanol–water partition coefficient (Wildman–Crippen LogP) is 2.46. The molecule has 2 aliphatic rings. The van der Waals surface area contributed by atoms with E-state index in [-0.39, 0.29) is 23.0 Å². The minimum absolute atomic E-state index is 0.0482. The Balaban J connectivity index is 0.000000668. The van der Waals surface area contributed by atoms with Gasteiger partial charge in [0.1, 0.15) is 11.3 Å². The number of aromatic carboxylic acids is 1. The van der Waals surface area contributed by atoms with Crippen LogP contribution in [0.3, 0.4) is 0 Å². The molecule has 1 aromatic carbocycles. The summed E-state index contributed by atoms with van der Waals surface area (Å²) >= 11 is 0. The van der Waals surface area contributed by atoms with Crippen LogP contribution in [0.5, 0.6) is 5.75 Å². The molecule has 2 aromatic rings. The summed E-state index contributed by atoms with van der Waals surface area (Å²) in [5.41, 5.74) is -0.216. The van der Waals surface area contributed by atoms with Gasteiger partial charge in [0.25, 0.3) is 5.97 Å². The van der Waals surface area contributed by atoms with Gasteiger partial charge in [-0.1, -0.05) is 0 Å². The zero-order valence-electron chi connectivity index (χ0n) is 18.4. The molecule has 2 heterocycles. The smallest absolute Gasteiger partial charge is 0.341 e. The van der Waals surface area contributed by atoms with E-state index in [1.54, 1.807) is 4.57 Å². The first-order chi connectivity index (χ1) is 15.2. The summed E-state index contributed by atoms with van der Waals surface area (Å²) in [6.45, 7) is 2.41. The Morgan fingerprint density at radius 2 is 1.91 bits per heavy atom. The number of pyridine rings is 1. The highest BCUT2D eigenvalue weighted by atomic mass is 19.1. The number of benzene rings is 1. The first-order valence-corrected chi connectivity index (χ1v) is 10.5. The van der Waals surface area contributed by atoms with Crippen LogP contribution in [-0.4, -0.2) is 60.0 Å². The molecule has 1 aliphatic heterocycles. The third-order valence-electron chi connectivity index (χ3n) is 5.72. The van der Waals surface area contributed by atoms with Crippen LogP contribution in [0.15, 0.2) is 17.1 Å². The van der Waals surface area contributed by atoms with Gasteiger partial charge in [0.2, 0.25) is 5.43 Å². The molecule has 3 N–H and O–H groups in total. The fourth-order valence-corrected chi connectivity index (χ4v) is 4.14. The van der Waals surface area contributed by atoms with Crippen LogP contribution >= 0.6 is 0 Å². The number of aromatic nitrogens is 1. The average Bonchev–Trinajstić information content (AvgIpc) is 3.58. The number of likely N-dealkylation sites (N-methyl/N-ethyl adjacent to an activating group) is 1. The summed E-state index contributed by atoms with van der Waals surface area (Å²) in [4.78, 5) is 35.2. The number of rotatable bonds is 5. The van der Waals surface area contributed by atoms with Gasteiger partial charge >= 0.3 is 5.97 Å². The number of carboxylic acid groups (broad SMARTS) is 2. The first-order valence-electron chi connectivity index (χ1n) is 10.5. The van der Waals surface area contributed by atoms with Gasteiger partial charge in [0.15, 0.2) is 11.6 Å². The predicted molar refractivity (Wildman–Crippen MR) is 118 cm³/mol. The van der Waals surface area contributed by atoms with Crippen molar-refractivity contribution < 1.29 is 28.9 Å². The van der Waals surface area contributed by atoms with E-state index in [0.717, 1.165) is 32.6 Å². The van der Waals surface area contributed by atoms with Crippen molar-refractivity contribution in [3.63, 3.8) is 0 Å². The molecule has 174 valence electrons. The molecular weight excluding hydrogens is 421 g/mol. The molecule has 4 rings (SSSR count). The maximum absolute atomic E-state index is 15.2. The Labute approximate surface area is 184 Å². The molecule has 1 aromatic heterocycles. The quantitative estimate of drug-likeness (QED) is 0.637. The van der Waals surface area contributed by atoms with Crippen LogP contribution in [0.1, 0.15) is 49.0 Å². The molecule has 0 radical (unpaired) electrons. The van der Waals surface area contributed by atoms with Crippen LogP contribution < -0.4 is 20.4 Å². The Morgan fingerprint density at radius 1 is 1.25 bits per heavy atom. The Kier molecular flexibility index (Phi) is 7.02. The van der Waals surface area contributed by atoms with Crippen molar-refractivity contribution in [2.45, 2.75) is 44.7 Å². The van der Waals surface area contributed by atoms with Crippen LogP contribution in [-0.2, 0) is 4.79 Å². The van der Waals surface area contributed by atoms with Crippen molar-refractivity contribution in [1.82, 2.24) is 9.88 Å². The van der Waals surface area contributed by atoms with Gasteiger partial charge in [-0.25, -0.2) is 9.18 Å². The Hall–Kier alpha value is -3.14. The summed E-state index contributed by atoms with van der Waals surface area (Å²) in [7, 11) is 3.35. The van der Waals surface area contributed by atoms with Gasteiger partial charge in [-0.05, 0) is 38.8 Å². The van der Waals surface area contributed by atoms with Gasteiger partial charge in [-0.2, -0.15) is 0 Å². The molecule has 0 bridgehead atoms. The number of carbonyl (C=O) groups is 2. The molecule has 10 heteroatoms. The highest BCUT2D eigenvalue weighted by molar-refractivity contribution is 5.97. The van der Waals surface area contributed by atoms with Crippen LogP contribution in [0, 0.1) is 5.82 Å². The lowest BCUT2D eigenvalue weighted by Crippen LogP contribution is -2.45. The number of ether oxygens (including phenoxy) is 1. The van der Waals surface area contributed by atoms with Crippen molar-refractivity contribution >= 4 is 28.5 Å². The maximum Gasteiger partial charge on any atom is 0.341 e. The standard InChI is InChI=1S/C20H24FN3O4.C2H4O2/c1-22-11-4-3-7-23(9-11)17-15(21)8-13-16(19(17)28-2)24(12-5-6-12)10-14(18(13)25)20(26)27;1-2(3)4/h8,10-12,22H,3-7,9H2,1-2H3,(H,26,27);1H3,(H,3,4). The lowest BCUT2D eigenvalue weighted by Gasteiger charge is -2.35. The fourth-order valence-electron chi connectivity index (χ4n) is 4.14. The molecule has 0 amide bonds. The Bertz CT molecular complexity index is 1090. The van der Waals surface area contributed by atoms with E-state index in [4.69, 9.17) is 14.6 Å². The molecule has 1 atom stereocenters. The number of aliphatic carboxylic acids is 1. The molecular formula is C22H28FN3O6. The lowest BCUT2D eigenvalue weighted by atomic mass is 10.0. The van der Waals surface area contributed by atoms with Gasteiger partial charge in [-0.3, -0.25) is 9.59 Å². The van der Waals surface area contributed by atoms with Crippen LogP contribution in [0.2, 0.25) is 0 Å². The van der Waals surface area contributed by atoms with Crippen molar-refractivity contribution in [3.8, 4) is 5.75 Å². The van der Waals surface area contributed by atoms with E-state index in [1.165, 1.54) is 19.4 Å². The minimum atomic E-state index is -1.31. The normalized spacial score (nSPS) is 18.1. The van der Waals surface area contributed by atoms with E-state index in [0.29, 0.717) is 30.0 Å². The number of fused-ring (bicyclic) bond motifs is 1. The average molecular weight is 449 g/mol. The zero-order chi connectivity index (χ0) is 23.6. The molecule has 1 saturated heterocycles. The number of carboxylic acids is 2. The second-order valence-electron chi connectivity index (χ2n) is 8.04. The minimum Gasteiger partial charge on any atom is -0.492 e. The third kappa shape index (κ3) is 4.69. The van der Waals surface area contributed by atoms with Crippen molar-refractivity contribution in [2.75, 3.05) is 32.1 Å². The fraction of sp³-hybridized carbons (Fsp3) is 0.500. The van der Waals surface area contributed by atoms with Crippen molar-refractivity contribution in [2.24, 2.45) is 0 Å². The number of hydrogen-bond acceptors (Lipinski definition) is 6. The first kappa shape index (κ1) is 23.5. The van der Waals surface area contributed by atoms with E-state index in [2.05, 4.69) is 5.32 Å². The molecule has 0 spiro atoms.